The lowest BCUT2D eigenvalue weighted by Crippen LogP contribution is -1.66. The molecule has 0 heterocycles. The van der Waals surface area contributed by atoms with Crippen molar-refractivity contribution in [1.82, 2.24) is 0 Å². The number of phosphoric acid groups is 1. The lowest BCUT2D eigenvalue weighted by molar-refractivity contribution is 0.275. The summed E-state index contributed by atoms with van der Waals surface area (Å²) in [6.45, 7) is 9.68. The van der Waals surface area contributed by atoms with Crippen molar-refractivity contribution in [1.29, 1.82) is 0 Å². The van der Waals surface area contributed by atoms with Crippen LogP contribution in [0.3, 0.4) is 0 Å². The van der Waals surface area contributed by atoms with Gasteiger partial charge in [-0.3, -0.25) is 0 Å². The molecule has 0 rings (SSSR count). The molecule has 86 valence electrons. The molecule has 8 heteroatoms. The molecule has 0 fully saturated rings. The molecule has 0 aliphatic heterocycles. The van der Waals surface area contributed by atoms with E-state index in [1.165, 1.54) is 16.2 Å². The summed E-state index contributed by atoms with van der Waals surface area (Å²) in [5, 5.41) is 4.33. The Hall–Kier alpha value is 0.380. The number of rotatable bonds is 0. The molecular formula is C6H15O4PS3. The van der Waals surface area contributed by atoms with Crippen molar-refractivity contribution < 1.29 is 19.2 Å². The van der Waals surface area contributed by atoms with Gasteiger partial charge in [-0.2, -0.15) is 37.9 Å². The Bertz CT molecular complexity index is 146. The largest absolute Gasteiger partial charge is 0.466 e. The maximum atomic E-state index is 8.88. The molecular weight excluding hydrogens is 263 g/mol. The highest BCUT2D eigenvalue weighted by molar-refractivity contribution is 7.83. The Labute approximate surface area is 101 Å². The van der Waals surface area contributed by atoms with Crippen molar-refractivity contribution in [3.63, 3.8) is 0 Å². The second-order valence-corrected chi connectivity index (χ2v) is 3.18. The SMILES string of the molecule is C=CS.C=CS.C=CS.O=P(O)(O)O. The van der Waals surface area contributed by atoms with Crippen LogP contribution in [0.25, 0.3) is 0 Å². The van der Waals surface area contributed by atoms with Gasteiger partial charge in [-0.1, -0.05) is 19.7 Å². The van der Waals surface area contributed by atoms with E-state index in [1.807, 2.05) is 0 Å². The first kappa shape index (κ1) is 23.9. The van der Waals surface area contributed by atoms with E-state index in [1.54, 1.807) is 0 Å². The van der Waals surface area contributed by atoms with Crippen LogP contribution in [0.15, 0.2) is 36.0 Å². The molecule has 0 aromatic heterocycles. The van der Waals surface area contributed by atoms with Crippen LogP contribution < -0.4 is 0 Å². The predicted molar refractivity (Wildman–Crippen MR) is 71.8 cm³/mol. The third kappa shape index (κ3) is 11100. The summed E-state index contributed by atoms with van der Waals surface area (Å²) in [5.41, 5.74) is 0. The maximum Gasteiger partial charge on any atom is 0.466 e. The number of thiol groups is 3. The van der Waals surface area contributed by atoms with E-state index in [-0.39, 0.29) is 0 Å². The molecule has 0 aliphatic carbocycles. The van der Waals surface area contributed by atoms with Gasteiger partial charge in [0, 0.05) is 0 Å². The highest BCUT2D eigenvalue weighted by Crippen LogP contribution is 2.25. The zero-order chi connectivity index (χ0) is 12.6. The Morgan fingerprint density at radius 2 is 0.857 bits per heavy atom. The van der Waals surface area contributed by atoms with Crippen LogP contribution >= 0.6 is 45.7 Å². The van der Waals surface area contributed by atoms with Gasteiger partial charge in [0.15, 0.2) is 0 Å². The molecule has 0 atom stereocenters. The molecule has 3 N–H and O–H groups in total. The third-order valence-electron chi connectivity index (χ3n) is 0. The summed E-state index contributed by atoms with van der Waals surface area (Å²) in [4.78, 5) is 21.6. The van der Waals surface area contributed by atoms with Gasteiger partial charge in [0.25, 0.3) is 0 Å². The second kappa shape index (κ2) is 23.3. The quantitative estimate of drug-likeness (QED) is 0.303. The standard InChI is InChI=1S/3C2H4S.H3O4P/c3*1-2-3;1-5(2,3)4/h3*2-3H,1H2;(H3,1,2,3,4). The van der Waals surface area contributed by atoms with Gasteiger partial charge in [-0.25, -0.2) is 4.57 Å². The van der Waals surface area contributed by atoms with E-state index in [4.69, 9.17) is 19.2 Å². The second-order valence-electron chi connectivity index (χ2n) is 1.06. The lowest BCUT2D eigenvalue weighted by atomic mass is 11.3. The van der Waals surface area contributed by atoms with E-state index in [9.17, 15) is 0 Å². The zero-order valence-electron chi connectivity index (χ0n) is 7.39. The minimum atomic E-state index is -4.64. The highest BCUT2D eigenvalue weighted by Gasteiger charge is 2.00. The van der Waals surface area contributed by atoms with E-state index >= 15 is 0 Å². The van der Waals surface area contributed by atoms with E-state index < -0.39 is 7.82 Å². The summed E-state index contributed by atoms with van der Waals surface area (Å²) in [6.07, 6.45) is 0. The molecule has 0 unspecified atom stereocenters. The lowest BCUT2D eigenvalue weighted by Gasteiger charge is -1.82. The summed E-state index contributed by atoms with van der Waals surface area (Å²) in [5.74, 6) is 0. The van der Waals surface area contributed by atoms with Crippen LogP contribution in [-0.4, -0.2) is 14.7 Å². The average Bonchev–Trinajstić information content (AvgIpc) is 1.86. The topological polar surface area (TPSA) is 77.8 Å². The summed E-state index contributed by atoms with van der Waals surface area (Å²) >= 11 is 10.7. The van der Waals surface area contributed by atoms with Gasteiger partial charge < -0.3 is 14.7 Å². The minimum Gasteiger partial charge on any atom is -0.303 e. The van der Waals surface area contributed by atoms with Crippen molar-refractivity contribution in [2.75, 3.05) is 0 Å². The Kier molecular flexibility index (Phi) is 39.8. The highest BCUT2D eigenvalue weighted by atomic mass is 32.1. The van der Waals surface area contributed by atoms with Gasteiger partial charge in [-0.15, -0.1) is 0 Å². The molecule has 0 aromatic rings. The molecule has 0 aliphatic rings. The minimum absolute atomic E-state index is 1.44. The van der Waals surface area contributed by atoms with Crippen LogP contribution in [0.4, 0.5) is 0 Å². The molecule has 0 aromatic carbocycles. The predicted octanol–water partition coefficient (Wildman–Crippen LogP) is 2.25. The van der Waals surface area contributed by atoms with Crippen LogP contribution in [0.2, 0.25) is 0 Å². The van der Waals surface area contributed by atoms with Crippen molar-refractivity contribution in [2.45, 2.75) is 0 Å². The van der Waals surface area contributed by atoms with Crippen molar-refractivity contribution in [3.8, 4) is 0 Å². The average molecular weight is 278 g/mol. The van der Waals surface area contributed by atoms with Crippen LogP contribution in [0.5, 0.6) is 0 Å². The summed E-state index contributed by atoms with van der Waals surface area (Å²) in [7, 11) is -4.64. The van der Waals surface area contributed by atoms with Crippen LogP contribution in [-0.2, 0) is 4.57 Å². The van der Waals surface area contributed by atoms with E-state index in [0.717, 1.165) is 0 Å². The first-order chi connectivity index (χ1) is 6.24. The van der Waals surface area contributed by atoms with Crippen LogP contribution in [0, 0.1) is 0 Å². The maximum absolute atomic E-state index is 8.88. The third-order valence-corrected chi connectivity index (χ3v) is 0. The van der Waals surface area contributed by atoms with Crippen molar-refractivity contribution >= 4 is 45.7 Å². The first-order valence-electron chi connectivity index (χ1n) is 2.78. The molecule has 0 saturated heterocycles. The molecule has 14 heavy (non-hydrogen) atoms. The van der Waals surface area contributed by atoms with E-state index in [2.05, 4.69) is 57.6 Å². The molecule has 0 bridgehead atoms. The molecule has 0 amide bonds. The van der Waals surface area contributed by atoms with Crippen molar-refractivity contribution in [2.24, 2.45) is 0 Å². The fourth-order valence-corrected chi connectivity index (χ4v) is 0. The molecule has 0 saturated carbocycles. The fraction of sp³-hybridized carbons (Fsp3) is 0. The number of hydrogen-bond acceptors (Lipinski definition) is 4. The Balaban J connectivity index is -0.0000000495. The monoisotopic (exact) mass is 278 g/mol. The molecule has 0 radical (unpaired) electrons. The van der Waals surface area contributed by atoms with Gasteiger partial charge >= 0.3 is 7.82 Å². The van der Waals surface area contributed by atoms with E-state index in [0.29, 0.717) is 0 Å². The molecule has 0 spiro atoms. The van der Waals surface area contributed by atoms with Gasteiger partial charge in [0.05, 0.1) is 0 Å². The smallest absolute Gasteiger partial charge is 0.303 e. The Morgan fingerprint density at radius 1 is 0.857 bits per heavy atom. The van der Waals surface area contributed by atoms with Gasteiger partial charge in [0.2, 0.25) is 0 Å². The summed E-state index contributed by atoms with van der Waals surface area (Å²) < 4.78 is 8.88. The van der Waals surface area contributed by atoms with Crippen molar-refractivity contribution in [3.05, 3.63) is 36.0 Å². The normalized spacial score (nSPS) is 7.00. The number of hydrogen-bond donors (Lipinski definition) is 6. The Morgan fingerprint density at radius 3 is 0.857 bits per heavy atom. The zero-order valence-corrected chi connectivity index (χ0v) is 11.0. The fourth-order valence-electron chi connectivity index (χ4n) is 0. The first-order valence-corrected chi connectivity index (χ1v) is 5.90. The van der Waals surface area contributed by atoms with Gasteiger partial charge in [0.1, 0.15) is 0 Å². The van der Waals surface area contributed by atoms with Crippen LogP contribution in [0.1, 0.15) is 0 Å². The summed E-state index contributed by atoms with van der Waals surface area (Å²) in [6, 6.07) is 0. The van der Waals surface area contributed by atoms with Gasteiger partial charge in [-0.05, 0) is 16.2 Å². The molecule has 4 nitrogen and oxygen atoms in total.